The molecule has 1 aliphatic heterocycles. The van der Waals surface area contributed by atoms with Crippen molar-refractivity contribution >= 4 is 32.0 Å². The number of fused-ring (bicyclic) bond motifs is 3. The lowest BCUT2D eigenvalue weighted by atomic mass is 9.81. The molecular weight excluding hydrogens is 324 g/mol. The number of H-pyrrole nitrogens is 1. The Morgan fingerprint density at radius 2 is 2.12 bits per heavy atom. The van der Waals surface area contributed by atoms with Gasteiger partial charge in [-0.15, -0.1) is 0 Å². The van der Waals surface area contributed by atoms with Gasteiger partial charge in [0, 0.05) is 42.2 Å². The van der Waals surface area contributed by atoms with Gasteiger partial charge in [0.25, 0.3) is 0 Å². The second kappa shape index (κ2) is 5.53. The van der Waals surface area contributed by atoms with Crippen LogP contribution in [0.4, 0.5) is 0 Å². The topological polar surface area (TPSA) is 79.0 Å². The van der Waals surface area contributed by atoms with Crippen molar-refractivity contribution in [2.75, 3.05) is 19.3 Å². The van der Waals surface area contributed by atoms with E-state index in [1.165, 1.54) is 11.8 Å². The van der Waals surface area contributed by atoms with Crippen molar-refractivity contribution in [3.05, 3.63) is 36.3 Å². The summed E-state index contributed by atoms with van der Waals surface area (Å²) in [5, 5.41) is 2.12. The molecule has 0 saturated carbocycles. The third-order valence-electron chi connectivity index (χ3n) is 5.11. The van der Waals surface area contributed by atoms with Gasteiger partial charge in [-0.2, -0.15) is 0 Å². The minimum Gasteiger partial charge on any atom is -0.360 e. The molecule has 0 amide bonds. The number of piperidine rings is 1. The highest BCUT2D eigenvalue weighted by molar-refractivity contribution is 7.88. The summed E-state index contributed by atoms with van der Waals surface area (Å²) in [5.74, 6) is 0.575. The highest BCUT2D eigenvalue weighted by atomic mass is 32.2. The van der Waals surface area contributed by atoms with Crippen LogP contribution in [0.15, 0.2) is 30.7 Å². The zero-order valence-corrected chi connectivity index (χ0v) is 14.5. The fourth-order valence-corrected chi connectivity index (χ4v) is 4.61. The highest BCUT2D eigenvalue weighted by Gasteiger charge is 2.32. The molecule has 126 valence electrons. The van der Waals surface area contributed by atoms with Gasteiger partial charge in [0.05, 0.1) is 18.0 Å². The Kier molecular flexibility index (Phi) is 3.58. The Morgan fingerprint density at radius 3 is 2.92 bits per heavy atom. The zero-order chi connectivity index (χ0) is 16.9. The molecule has 2 unspecified atom stereocenters. The first-order chi connectivity index (χ1) is 11.4. The normalized spacial score (nSPS) is 23.1. The van der Waals surface area contributed by atoms with E-state index in [9.17, 15) is 8.42 Å². The van der Waals surface area contributed by atoms with Crippen LogP contribution in [0, 0.1) is 5.92 Å². The third kappa shape index (κ3) is 2.48. The number of aromatic amines is 1. The van der Waals surface area contributed by atoms with Gasteiger partial charge < -0.3 is 4.98 Å². The average molecular weight is 344 g/mol. The molecule has 0 bridgehead atoms. The predicted octanol–water partition coefficient (Wildman–Crippen LogP) is 2.50. The Labute approximate surface area is 141 Å². The molecule has 0 aromatic carbocycles. The average Bonchev–Trinajstić information content (AvgIpc) is 3.02. The zero-order valence-electron chi connectivity index (χ0n) is 13.7. The second-order valence-corrected chi connectivity index (χ2v) is 8.64. The van der Waals surface area contributed by atoms with E-state index in [0.29, 0.717) is 19.0 Å². The standard InChI is InChI=1S/C17H20N4O2S/c1-11-5-8-21(24(2,22)23)10-14(11)12-3-6-18-15-9-20-17-13(16(12)15)4-7-19-17/h3-4,6-7,9,11,14,18H,5,8,10H2,1-2H3. The van der Waals surface area contributed by atoms with Gasteiger partial charge in [-0.25, -0.2) is 22.7 Å². The maximum atomic E-state index is 12.0. The molecule has 24 heavy (non-hydrogen) atoms. The first-order valence-corrected chi connectivity index (χ1v) is 9.96. The van der Waals surface area contributed by atoms with Crippen molar-refractivity contribution in [3.63, 3.8) is 0 Å². The van der Waals surface area contributed by atoms with E-state index in [2.05, 4.69) is 27.9 Å². The summed E-state index contributed by atoms with van der Waals surface area (Å²) in [5.41, 5.74) is 2.86. The molecule has 4 heterocycles. The summed E-state index contributed by atoms with van der Waals surface area (Å²) in [6.07, 6.45) is 7.64. The van der Waals surface area contributed by atoms with Gasteiger partial charge >= 0.3 is 0 Å². The van der Waals surface area contributed by atoms with E-state index >= 15 is 0 Å². The van der Waals surface area contributed by atoms with E-state index < -0.39 is 10.0 Å². The van der Waals surface area contributed by atoms with Gasteiger partial charge in [0.15, 0.2) is 5.65 Å². The molecule has 0 aliphatic carbocycles. The lowest BCUT2D eigenvalue weighted by Gasteiger charge is -2.36. The molecule has 7 heteroatoms. The smallest absolute Gasteiger partial charge is 0.211 e. The lowest BCUT2D eigenvalue weighted by Crippen LogP contribution is -2.41. The third-order valence-corrected chi connectivity index (χ3v) is 6.38. The van der Waals surface area contributed by atoms with Crippen LogP contribution in [0.3, 0.4) is 0 Å². The highest BCUT2D eigenvalue weighted by Crippen LogP contribution is 2.38. The van der Waals surface area contributed by atoms with Crippen LogP contribution in [0.25, 0.3) is 21.9 Å². The fraction of sp³-hybridized carbons (Fsp3) is 0.412. The number of aromatic nitrogens is 3. The summed E-state index contributed by atoms with van der Waals surface area (Å²) in [6.45, 7) is 3.33. The molecule has 3 aromatic heterocycles. The minimum absolute atomic E-state index is 0.158. The van der Waals surface area contributed by atoms with Crippen molar-refractivity contribution in [2.24, 2.45) is 5.92 Å². The van der Waals surface area contributed by atoms with Gasteiger partial charge in [0.1, 0.15) is 0 Å². The summed E-state index contributed by atoms with van der Waals surface area (Å²) >= 11 is 0. The maximum Gasteiger partial charge on any atom is 0.211 e. The van der Waals surface area contributed by atoms with E-state index in [0.717, 1.165) is 28.4 Å². The lowest BCUT2D eigenvalue weighted by molar-refractivity contribution is 0.253. The monoisotopic (exact) mass is 344 g/mol. The molecule has 0 radical (unpaired) electrons. The molecule has 1 aliphatic rings. The maximum absolute atomic E-state index is 12.0. The molecule has 1 saturated heterocycles. The summed E-state index contributed by atoms with van der Waals surface area (Å²) in [4.78, 5) is 11.9. The summed E-state index contributed by atoms with van der Waals surface area (Å²) < 4.78 is 25.6. The van der Waals surface area contributed by atoms with E-state index in [1.807, 2.05) is 12.3 Å². The van der Waals surface area contributed by atoms with Crippen LogP contribution >= 0.6 is 0 Å². The molecule has 0 spiro atoms. The Bertz CT molecular complexity index is 1010. The van der Waals surface area contributed by atoms with Crippen LogP contribution in [-0.4, -0.2) is 47.0 Å². The van der Waals surface area contributed by atoms with Gasteiger partial charge in [-0.05, 0) is 30.0 Å². The number of hydrogen-bond donors (Lipinski definition) is 1. The van der Waals surface area contributed by atoms with Crippen molar-refractivity contribution in [3.8, 4) is 0 Å². The van der Waals surface area contributed by atoms with Crippen LogP contribution in [0.5, 0.6) is 0 Å². The molecular formula is C17H20N4O2S. The predicted molar refractivity (Wildman–Crippen MR) is 94.3 cm³/mol. The van der Waals surface area contributed by atoms with Gasteiger partial charge in [-0.3, -0.25) is 0 Å². The first-order valence-electron chi connectivity index (χ1n) is 8.11. The number of hydrogen-bond acceptors (Lipinski definition) is 4. The van der Waals surface area contributed by atoms with Crippen molar-refractivity contribution < 1.29 is 8.42 Å². The molecule has 6 nitrogen and oxygen atoms in total. The van der Waals surface area contributed by atoms with Crippen LogP contribution in [0.1, 0.15) is 24.8 Å². The SMILES string of the molecule is CC1CCN(S(C)(=O)=O)CC1c1cc[nH]c2cnc3nccc3c12. The van der Waals surface area contributed by atoms with Crippen LogP contribution < -0.4 is 0 Å². The van der Waals surface area contributed by atoms with Crippen LogP contribution in [0.2, 0.25) is 0 Å². The van der Waals surface area contributed by atoms with Crippen LogP contribution in [-0.2, 0) is 10.0 Å². The number of nitrogens with zero attached hydrogens (tertiary/aromatic N) is 3. The van der Waals surface area contributed by atoms with Crippen molar-refractivity contribution in [2.45, 2.75) is 19.3 Å². The van der Waals surface area contributed by atoms with E-state index in [1.54, 1.807) is 16.7 Å². The van der Waals surface area contributed by atoms with Crippen molar-refractivity contribution in [1.82, 2.24) is 19.3 Å². The van der Waals surface area contributed by atoms with E-state index in [-0.39, 0.29) is 5.92 Å². The quantitative estimate of drug-likeness (QED) is 0.775. The summed E-state index contributed by atoms with van der Waals surface area (Å²) in [7, 11) is -3.17. The fourth-order valence-electron chi connectivity index (χ4n) is 3.74. The molecule has 4 rings (SSSR count). The Balaban J connectivity index is 1.90. The number of sulfonamides is 1. The Morgan fingerprint density at radius 1 is 1.29 bits per heavy atom. The molecule has 1 fully saturated rings. The first kappa shape index (κ1) is 15.5. The summed E-state index contributed by atoms with van der Waals surface area (Å²) in [6, 6.07) is 4.05. The van der Waals surface area contributed by atoms with Gasteiger partial charge in [-0.1, -0.05) is 6.92 Å². The Hall–Kier alpha value is -1.99. The number of pyridine rings is 2. The number of nitrogens with one attached hydrogen (secondary N) is 1. The molecule has 1 N–H and O–H groups in total. The minimum atomic E-state index is -3.17. The van der Waals surface area contributed by atoms with Gasteiger partial charge in [0.2, 0.25) is 10.0 Å². The van der Waals surface area contributed by atoms with Crippen molar-refractivity contribution in [1.29, 1.82) is 0 Å². The molecule has 2 atom stereocenters. The second-order valence-electron chi connectivity index (χ2n) is 6.66. The largest absolute Gasteiger partial charge is 0.360 e. The molecule has 3 aromatic rings. The van der Waals surface area contributed by atoms with E-state index in [4.69, 9.17) is 0 Å². The number of rotatable bonds is 2.